The van der Waals surface area contributed by atoms with Crippen LogP contribution < -0.4 is 10.2 Å². The lowest BCUT2D eigenvalue weighted by molar-refractivity contribution is -0.124. The van der Waals surface area contributed by atoms with Crippen LogP contribution in [0, 0.1) is 13.8 Å². The Balaban J connectivity index is 1.84. The van der Waals surface area contributed by atoms with Crippen molar-refractivity contribution in [1.82, 2.24) is 9.78 Å². The molecule has 1 aliphatic heterocycles. The summed E-state index contributed by atoms with van der Waals surface area (Å²) in [5, 5.41) is 7.85. The van der Waals surface area contributed by atoms with Gasteiger partial charge in [0.2, 0.25) is 11.8 Å². The monoisotopic (exact) mass is 346 g/mol. The average molecular weight is 347 g/mol. The number of anilines is 2. The average Bonchev–Trinajstić information content (AvgIpc) is 2.89. The highest BCUT2D eigenvalue weighted by Crippen LogP contribution is 2.26. The molecular formula is C17H19ClN4O2. The number of nitrogens with zero attached hydrogens (tertiary/aromatic N) is 3. The molecule has 1 N–H and O–H groups in total. The number of carbonyl (C=O) groups is 2. The second-order valence-corrected chi connectivity index (χ2v) is 6.44. The zero-order valence-electron chi connectivity index (χ0n) is 13.8. The van der Waals surface area contributed by atoms with Crippen LogP contribution in [0.15, 0.2) is 24.3 Å². The lowest BCUT2D eigenvalue weighted by atomic mass is 10.1. The summed E-state index contributed by atoms with van der Waals surface area (Å²) in [6.45, 7) is 6.01. The van der Waals surface area contributed by atoms with Crippen molar-refractivity contribution < 1.29 is 9.59 Å². The van der Waals surface area contributed by atoms with E-state index in [9.17, 15) is 9.59 Å². The minimum absolute atomic E-state index is 0.0714. The number of aromatic nitrogens is 2. The van der Waals surface area contributed by atoms with Crippen molar-refractivity contribution in [2.45, 2.75) is 39.8 Å². The molecule has 0 spiro atoms. The van der Waals surface area contributed by atoms with Crippen molar-refractivity contribution in [3.05, 3.63) is 40.5 Å². The second-order valence-electron chi connectivity index (χ2n) is 6.01. The van der Waals surface area contributed by atoms with Gasteiger partial charge in [0.05, 0.1) is 12.2 Å². The maximum Gasteiger partial charge on any atom is 0.247 e. The van der Waals surface area contributed by atoms with E-state index in [1.807, 2.05) is 19.9 Å². The van der Waals surface area contributed by atoms with Crippen molar-refractivity contribution in [2.75, 3.05) is 10.2 Å². The maximum absolute atomic E-state index is 12.6. The van der Waals surface area contributed by atoms with Crippen LogP contribution in [0.2, 0.25) is 5.02 Å². The summed E-state index contributed by atoms with van der Waals surface area (Å²) in [7, 11) is 0. The van der Waals surface area contributed by atoms with Crippen LogP contribution in [0.1, 0.15) is 24.6 Å². The van der Waals surface area contributed by atoms with Gasteiger partial charge >= 0.3 is 0 Å². The van der Waals surface area contributed by atoms with Gasteiger partial charge in [0.25, 0.3) is 0 Å². The molecule has 0 saturated heterocycles. The first kappa shape index (κ1) is 16.5. The number of rotatable bonds is 3. The Morgan fingerprint density at radius 1 is 1.33 bits per heavy atom. The topological polar surface area (TPSA) is 67.2 Å². The number of nitrogens with one attached hydrogen (secondary N) is 1. The third-order valence-electron chi connectivity index (χ3n) is 4.15. The summed E-state index contributed by atoms with van der Waals surface area (Å²) in [5.41, 5.74) is 2.38. The van der Waals surface area contributed by atoms with E-state index in [4.69, 9.17) is 11.6 Å². The second kappa shape index (κ2) is 6.28. The van der Waals surface area contributed by atoms with Gasteiger partial charge in [-0.25, -0.2) is 4.68 Å². The van der Waals surface area contributed by atoms with E-state index in [-0.39, 0.29) is 11.8 Å². The fourth-order valence-electron chi connectivity index (χ4n) is 2.88. The van der Waals surface area contributed by atoms with E-state index in [1.54, 1.807) is 29.8 Å². The SMILES string of the molecule is Cc1cc2n(n1)CCC(=O)N2C(C)C(=O)Nc1ccc(Cl)cc1C. The Morgan fingerprint density at radius 2 is 2.08 bits per heavy atom. The molecule has 1 aromatic heterocycles. The Bertz CT molecular complexity index is 815. The highest BCUT2D eigenvalue weighted by Gasteiger charge is 2.33. The van der Waals surface area contributed by atoms with E-state index in [2.05, 4.69) is 10.4 Å². The third kappa shape index (κ3) is 3.01. The quantitative estimate of drug-likeness (QED) is 0.929. The van der Waals surface area contributed by atoms with Gasteiger partial charge in [-0.15, -0.1) is 0 Å². The highest BCUT2D eigenvalue weighted by molar-refractivity contribution is 6.30. The summed E-state index contributed by atoms with van der Waals surface area (Å²) in [6, 6.07) is 6.46. The lowest BCUT2D eigenvalue weighted by Crippen LogP contribution is -2.49. The lowest BCUT2D eigenvalue weighted by Gasteiger charge is -2.32. The van der Waals surface area contributed by atoms with Crippen LogP contribution in [0.4, 0.5) is 11.5 Å². The van der Waals surface area contributed by atoms with E-state index >= 15 is 0 Å². The van der Waals surface area contributed by atoms with Crippen LogP contribution in [0.25, 0.3) is 0 Å². The van der Waals surface area contributed by atoms with E-state index in [0.717, 1.165) is 11.3 Å². The van der Waals surface area contributed by atoms with Crippen molar-refractivity contribution in [3.8, 4) is 0 Å². The Kier molecular flexibility index (Phi) is 4.32. The fourth-order valence-corrected chi connectivity index (χ4v) is 3.10. The Hall–Kier alpha value is -2.34. The highest BCUT2D eigenvalue weighted by atomic mass is 35.5. The van der Waals surface area contributed by atoms with Gasteiger partial charge in [0.1, 0.15) is 11.9 Å². The molecule has 126 valence electrons. The first-order valence-electron chi connectivity index (χ1n) is 7.80. The van der Waals surface area contributed by atoms with Gasteiger partial charge in [0.15, 0.2) is 0 Å². The van der Waals surface area contributed by atoms with E-state index in [0.29, 0.717) is 29.5 Å². The number of hydrogen-bond donors (Lipinski definition) is 1. The predicted molar refractivity (Wildman–Crippen MR) is 93.3 cm³/mol. The number of hydrogen-bond acceptors (Lipinski definition) is 3. The molecule has 1 unspecified atom stereocenters. The molecule has 1 aromatic carbocycles. The number of aryl methyl sites for hydroxylation is 3. The predicted octanol–water partition coefficient (Wildman–Crippen LogP) is 2.92. The first-order valence-corrected chi connectivity index (χ1v) is 8.18. The molecule has 0 bridgehead atoms. The molecule has 0 saturated carbocycles. The summed E-state index contributed by atoms with van der Waals surface area (Å²) < 4.78 is 1.77. The molecule has 2 heterocycles. The van der Waals surface area contributed by atoms with Crippen LogP contribution in [0.5, 0.6) is 0 Å². The zero-order chi connectivity index (χ0) is 17.4. The summed E-state index contributed by atoms with van der Waals surface area (Å²) in [4.78, 5) is 26.5. The van der Waals surface area contributed by atoms with Crippen molar-refractivity contribution in [3.63, 3.8) is 0 Å². The fraction of sp³-hybridized carbons (Fsp3) is 0.353. The number of carbonyl (C=O) groups excluding carboxylic acids is 2. The number of amides is 2. The summed E-state index contributed by atoms with van der Waals surface area (Å²) in [6.07, 6.45) is 0.339. The molecule has 0 fully saturated rings. The van der Waals surface area contributed by atoms with Crippen LogP contribution in [0.3, 0.4) is 0 Å². The van der Waals surface area contributed by atoms with Crippen molar-refractivity contribution in [1.29, 1.82) is 0 Å². The van der Waals surface area contributed by atoms with E-state index < -0.39 is 6.04 Å². The molecule has 0 radical (unpaired) electrons. The molecule has 24 heavy (non-hydrogen) atoms. The summed E-state index contributed by atoms with van der Waals surface area (Å²) in [5.74, 6) is 0.346. The first-order chi connectivity index (χ1) is 11.4. The molecule has 0 aliphatic carbocycles. The molecule has 1 aliphatic rings. The largest absolute Gasteiger partial charge is 0.324 e. The molecule has 2 amide bonds. The van der Waals surface area contributed by atoms with Gasteiger partial charge in [-0.1, -0.05) is 11.6 Å². The van der Waals surface area contributed by atoms with Gasteiger partial charge in [-0.05, 0) is 44.5 Å². The maximum atomic E-state index is 12.6. The van der Waals surface area contributed by atoms with Gasteiger partial charge < -0.3 is 5.32 Å². The Morgan fingerprint density at radius 3 is 2.79 bits per heavy atom. The minimum Gasteiger partial charge on any atom is -0.324 e. The number of halogens is 1. The zero-order valence-corrected chi connectivity index (χ0v) is 14.6. The third-order valence-corrected chi connectivity index (χ3v) is 4.38. The summed E-state index contributed by atoms with van der Waals surface area (Å²) >= 11 is 5.94. The molecule has 3 rings (SSSR count). The van der Waals surface area contributed by atoms with E-state index in [1.165, 1.54) is 4.90 Å². The molecule has 7 heteroatoms. The molecule has 2 aromatic rings. The van der Waals surface area contributed by atoms with Crippen molar-refractivity contribution >= 4 is 34.9 Å². The van der Waals surface area contributed by atoms with Crippen LogP contribution >= 0.6 is 11.6 Å². The van der Waals surface area contributed by atoms with Gasteiger partial charge in [-0.2, -0.15) is 5.10 Å². The van der Waals surface area contributed by atoms with Crippen LogP contribution in [-0.2, 0) is 16.1 Å². The molecular weight excluding hydrogens is 328 g/mol. The van der Waals surface area contributed by atoms with Gasteiger partial charge in [0, 0.05) is 23.2 Å². The van der Waals surface area contributed by atoms with Crippen molar-refractivity contribution in [2.24, 2.45) is 0 Å². The number of benzene rings is 1. The normalized spacial score (nSPS) is 15.2. The number of fused-ring (bicyclic) bond motifs is 1. The Labute approximate surface area is 145 Å². The van der Waals surface area contributed by atoms with Gasteiger partial charge in [-0.3, -0.25) is 14.5 Å². The standard InChI is InChI=1S/C17H19ClN4O2/c1-10-8-13(18)4-5-14(10)19-17(24)12(3)22-15-9-11(2)20-21(15)7-6-16(22)23/h4-5,8-9,12H,6-7H2,1-3H3,(H,19,24). The molecule has 6 nitrogen and oxygen atoms in total. The minimum atomic E-state index is -0.636. The smallest absolute Gasteiger partial charge is 0.247 e. The molecule has 1 atom stereocenters. The van der Waals surface area contributed by atoms with Crippen LogP contribution in [-0.4, -0.2) is 27.6 Å².